The third-order valence-corrected chi connectivity index (χ3v) is 6.88. The standard InChI is InChI=1S/C27H39N3O6S/c1-20(26(32)28-27(2,3)4)29(19-21-10-14-23(35-5)15-11-21)25(31)9-8-18-30(37(7,33)34)22-12-16-24(36-6)17-13-22/h10-17,20H,8-9,18-19H2,1-7H3,(H,28,32). The molecule has 1 atom stereocenters. The first-order valence-corrected chi connectivity index (χ1v) is 14.0. The van der Waals surface area contributed by atoms with Gasteiger partial charge in [-0.3, -0.25) is 13.9 Å². The summed E-state index contributed by atoms with van der Waals surface area (Å²) in [4.78, 5) is 27.8. The zero-order valence-electron chi connectivity index (χ0n) is 22.8. The lowest BCUT2D eigenvalue weighted by molar-refractivity contribution is -0.141. The Balaban J connectivity index is 2.18. The maximum atomic E-state index is 13.4. The van der Waals surface area contributed by atoms with Gasteiger partial charge >= 0.3 is 0 Å². The zero-order chi connectivity index (χ0) is 27.8. The second-order valence-electron chi connectivity index (χ2n) is 9.92. The number of methoxy groups -OCH3 is 2. The van der Waals surface area contributed by atoms with Gasteiger partial charge in [0.2, 0.25) is 21.8 Å². The summed E-state index contributed by atoms with van der Waals surface area (Å²) >= 11 is 0. The Bertz CT molecular complexity index is 1140. The van der Waals surface area contributed by atoms with E-state index in [1.54, 1.807) is 50.4 Å². The van der Waals surface area contributed by atoms with Crippen molar-refractivity contribution in [2.45, 2.75) is 58.7 Å². The average molecular weight is 534 g/mol. The van der Waals surface area contributed by atoms with E-state index in [0.29, 0.717) is 17.2 Å². The maximum Gasteiger partial charge on any atom is 0.242 e. The van der Waals surface area contributed by atoms with Crippen molar-refractivity contribution in [1.82, 2.24) is 10.2 Å². The molecule has 2 rings (SSSR count). The lowest BCUT2D eigenvalue weighted by Gasteiger charge is -2.32. The van der Waals surface area contributed by atoms with Crippen molar-refractivity contribution in [3.05, 3.63) is 54.1 Å². The van der Waals surface area contributed by atoms with E-state index in [2.05, 4.69) is 5.32 Å². The molecule has 0 spiro atoms. The predicted octanol–water partition coefficient (Wildman–Crippen LogP) is 3.58. The average Bonchev–Trinajstić information content (AvgIpc) is 2.83. The Hall–Kier alpha value is -3.27. The minimum absolute atomic E-state index is 0.0749. The number of hydrogen-bond donors (Lipinski definition) is 1. The van der Waals surface area contributed by atoms with Crippen molar-refractivity contribution in [3.8, 4) is 11.5 Å². The monoisotopic (exact) mass is 533 g/mol. The first-order valence-electron chi connectivity index (χ1n) is 12.1. The molecule has 1 unspecified atom stereocenters. The number of ether oxygens (including phenoxy) is 2. The van der Waals surface area contributed by atoms with Gasteiger partial charge in [0.05, 0.1) is 26.2 Å². The van der Waals surface area contributed by atoms with Gasteiger partial charge in [0.25, 0.3) is 0 Å². The third-order valence-electron chi connectivity index (χ3n) is 5.69. The highest BCUT2D eigenvalue weighted by atomic mass is 32.2. The topological polar surface area (TPSA) is 105 Å². The van der Waals surface area contributed by atoms with Gasteiger partial charge < -0.3 is 19.7 Å². The molecule has 2 aromatic rings. The van der Waals surface area contributed by atoms with Crippen LogP contribution in [-0.4, -0.2) is 63.7 Å². The van der Waals surface area contributed by atoms with Crippen molar-refractivity contribution in [3.63, 3.8) is 0 Å². The molecule has 0 fully saturated rings. The van der Waals surface area contributed by atoms with Crippen molar-refractivity contribution in [2.75, 3.05) is 31.3 Å². The van der Waals surface area contributed by atoms with E-state index < -0.39 is 21.6 Å². The number of hydrogen-bond acceptors (Lipinski definition) is 6. The van der Waals surface area contributed by atoms with Gasteiger partial charge in [-0.25, -0.2) is 8.42 Å². The molecule has 10 heteroatoms. The minimum atomic E-state index is -3.57. The van der Waals surface area contributed by atoms with E-state index >= 15 is 0 Å². The number of nitrogens with zero attached hydrogens (tertiary/aromatic N) is 2. The number of anilines is 1. The fraction of sp³-hybridized carbons (Fsp3) is 0.481. The summed E-state index contributed by atoms with van der Waals surface area (Å²) in [5.74, 6) is 0.810. The largest absolute Gasteiger partial charge is 0.497 e. The molecular weight excluding hydrogens is 494 g/mol. The Kier molecular flexibility index (Phi) is 10.4. The Morgan fingerprint density at radius 1 is 0.946 bits per heavy atom. The molecule has 0 aromatic heterocycles. The molecule has 0 bridgehead atoms. The molecule has 1 N–H and O–H groups in total. The van der Waals surface area contributed by atoms with E-state index in [0.717, 1.165) is 11.8 Å². The SMILES string of the molecule is COc1ccc(CN(C(=O)CCCN(c2ccc(OC)cc2)S(C)(=O)=O)C(C)C(=O)NC(C)(C)C)cc1. The van der Waals surface area contributed by atoms with Gasteiger partial charge in [0, 0.05) is 25.0 Å². The van der Waals surface area contributed by atoms with Gasteiger partial charge in [-0.15, -0.1) is 0 Å². The van der Waals surface area contributed by atoms with Crippen LogP contribution < -0.4 is 19.1 Å². The molecule has 2 amide bonds. The molecule has 9 nitrogen and oxygen atoms in total. The van der Waals surface area contributed by atoms with Gasteiger partial charge in [-0.05, 0) is 76.1 Å². The van der Waals surface area contributed by atoms with Crippen LogP contribution in [0.3, 0.4) is 0 Å². The number of amides is 2. The maximum absolute atomic E-state index is 13.4. The predicted molar refractivity (Wildman–Crippen MR) is 145 cm³/mol. The Labute approximate surface area is 220 Å². The van der Waals surface area contributed by atoms with Crippen LogP contribution in [-0.2, 0) is 26.2 Å². The van der Waals surface area contributed by atoms with Crippen LogP contribution in [0, 0.1) is 0 Å². The molecule has 2 aromatic carbocycles. The van der Waals surface area contributed by atoms with E-state index in [1.807, 2.05) is 32.9 Å². The third kappa shape index (κ3) is 9.27. The zero-order valence-corrected chi connectivity index (χ0v) is 23.6. The number of rotatable bonds is 12. The summed E-state index contributed by atoms with van der Waals surface area (Å²) in [5.41, 5.74) is 0.887. The molecule has 0 saturated carbocycles. The molecule has 37 heavy (non-hydrogen) atoms. The summed E-state index contributed by atoms with van der Waals surface area (Å²) in [6.45, 7) is 7.69. The molecule has 0 heterocycles. The first kappa shape index (κ1) is 30.0. The van der Waals surface area contributed by atoms with Crippen LogP contribution in [0.2, 0.25) is 0 Å². The summed E-state index contributed by atoms with van der Waals surface area (Å²) in [7, 11) is -0.453. The normalized spacial score (nSPS) is 12.4. The van der Waals surface area contributed by atoms with E-state index in [1.165, 1.54) is 16.3 Å². The number of carbonyl (C=O) groups is 2. The van der Waals surface area contributed by atoms with Crippen LogP contribution in [0.25, 0.3) is 0 Å². The minimum Gasteiger partial charge on any atom is -0.497 e. The molecule has 0 aliphatic carbocycles. The molecular formula is C27H39N3O6S. The quantitative estimate of drug-likeness (QED) is 0.447. The van der Waals surface area contributed by atoms with Gasteiger partial charge in [0.15, 0.2) is 0 Å². The van der Waals surface area contributed by atoms with Crippen molar-refractivity contribution < 1.29 is 27.5 Å². The molecule has 204 valence electrons. The smallest absolute Gasteiger partial charge is 0.242 e. The number of sulfonamides is 1. The van der Waals surface area contributed by atoms with Crippen molar-refractivity contribution in [1.29, 1.82) is 0 Å². The molecule has 0 aliphatic rings. The van der Waals surface area contributed by atoms with Gasteiger partial charge in [0.1, 0.15) is 17.5 Å². The van der Waals surface area contributed by atoms with E-state index in [9.17, 15) is 18.0 Å². The lowest BCUT2D eigenvalue weighted by Crippen LogP contribution is -2.52. The summed E-state index contributed by atoms with van der Waals surface area (Å²) in [6.07, 6.45) is 1.49. The van der Waals surface area contributed by atoms with Crippen LogP contribution >= 0.6 is 0 Å². The van der Waals surface area contributed by atoms with Crippen LogP contribution in [0.1, 0.15) is 46.1 Å². The summed E-state index contributed by atoms with van der Waals surface area (Å²) in [6, 6.07) is 13.3. The number of carbonyl (C=O) groups excluding carboxylic acids is 2. The van der Waals surface area contributed by atoms with Crippen LogP contribution in [0.4, 0.5) is 5.69 Å². The summed E-state index contributed by atoms with van der Waals surface area (Å²) < 4.78 is 36.5. The molecule has 0 aliphatic heterocycles. The highest BCUT2D eigenvalue weighted by Gasteiger charge is 2.28. The van der Waals surface area contributed by atoms with E-state index in [4.69, 9.17) is 9.47 Å². The van der Waals surface area contributed by atoms with Gasteiger partial charge in [-0.2, -0.15) is 0 Å². The number of nitrogens with one attached hydrogen (secondary N) is 1. The fourth-order valence-electron chi connectivity index (χ4n) is 3.74. The van der Waals surface area contributed by atoms with Crippen LogP contribution in [0.5, 0.6) is 11.5 Å². The number of benzene rings is 2. The second kappa shape index (κ2) is 12.8. The summed E-state index contributed by atoms with van der Waals surface area (Å²) in [5, 5.41) is 2.93. The Morgan fingerprint density at radius 2 is 1.46 bits per heavy atom. The molecule has 0 saturated heterocycles. The fourth-order valence-corrected chi connectivity index (χ4v) is 4.70. The van der Waals surface area contributed by atoms with Crippen LogP contribution in [0.15, 0.2) is 48.5 Å². The van der Waals surface area contributed by atoms with E-state index in [-0.39, 0.29) is 37.7 Å². The highest BCUT2D eigenvalue weighted by Crippen LogP contribution is 2.22. The molecule has 0 radical (unpaired) electrons. The lowest BCUT2D eigenvalue weighted by atomic mass is 10.1. The second-order valence-corrected chi connectivity index (χ2v) is 11.8. The Morgan fingerprint density at radius 3 is 1.92 bits per heavy atom. The van der Waals surface area contributed by atoms with Gasteiger partial charge in [-0.1, -0.05) is 12.1 Å². The first-order chi connectivity index (χ1) is 17.2. The van der Waals surface area contributed by atoms with Crippen molar-refractivity contribution in [2.24, 2.45) is 0 Å². The van der Waals surface area contributed by atoms with Crippen molar-refractivity contribution >= 4 is 27.5 Å². The highest BCUT2D eigenvalue weighted by molar-refractivity contribution is 7.92.